The van der Waals surface area contributed by atoms with Crippen LogP contribution >= 0.6 is 0 Å². The lowest BCUT2D eigenvalue weighted by Crippen LogP contribution is -2.63. The SMILES string of the molecule is CCOC(=O)[C@H]1N[C@@H]2CC[C@@H]1C(F)(F)C2. The summed E-state index contributed by atoms with van der Waals surface area (Å²) in [7, 11) is 0. The van der Waals surface area contributed by atoms with Crippen LogP contribution < -0.4 is 5.32 Å². The second-order valence-corrected chi connectivity index (χ2v) is 4.24. The van der Waals surface area contributed by atoms with Gasteiger partial charge < -0.3 is 10.1 Å². The number of piperidine rings is 2. The molecule has 86 valence electrons. The number of esters is 1. The van der Waals surface area contributed by atoms with Crippen LogP contribution in [0.15, 0.2) is 0 Å². The minimum Gasteiger partial charge on any atom is -0.465 e. The minimum atomic E-state index is -2.72. The maximum absolute atomic E-state index is 13.5. The molecule has 3 atom stereocenters. The summed E-state index contributed by atoms with van der Waals surface area (Å²) < 4.78 is 31.8. The Morgan fingerprint density at radius 3 is 2.80 bits per heavy atom. The van der Waals surface area contributed by atoms with Crippen LogP contribution in [0.5, 0.6) is 0 Å². The first-order valence-corrected chi connectivity index (χ1v) is 5.35. The van der Waals surface area contributed by atoms with Gasteiger partial charge in [0.05, 0.1) is 6.61 Å². The third-order valence-corrected chi connectivity index (χ3v) is 3.25. The highest BCUT2D eigenvalue weighted by Crippen LogP contribution is 2.44. The van der Waals surface area contributed by atoms with Crippen LogP contribution in [0.25, 0.3) is 0 Å². The van der Waals surface area contributed by atoms with Crippen LogP contribution in [0.1, 0.15) is 26.2 Å². The van der Waals surface area contributed by atoms with Gasteiger partial charge >= 0.3 is 5.97 Å². The lowest BCUT2D eigenvalue weighted by atomic mass is 9.73. The molecule has 0 aromatic heterocycles. The van der Waals surface area contributed by atoms with E-state index in [4.69, 9.17) is 4.74 Å². The Labute approximate surface area is 87.2 Å². The van der Waals surface area contributed by atoms with E-state index in [0.717, 1.165) is 6.42 Å². The number of carbonyl (C=O) groups excluding carboxylic acids is 1. The zero-order valence-electron chi connectivity index (χ0n) is 8.63. The quantitative estimate of drug-likeness (QED) is 0.712. The number of carbonyl (C=O) groups is 1. The highest BCUT2D eigenvalue weighted by Gasteiger charge is 2.55. The number of ether oxygens (including phenoxy) is 1. The van der Waals surface area contributed by atoms with Crippen molar-refractivity contribution in [3.63, 3.8) is 0 Å². The molecule has 0 unspecified atom stereocenters. The van der Waals surface area contributed by atoms with Crippen LogP contribution in [-0.2, 0) is 9.53 Å². The zero-order valence-corrected chi connectivity index (χ0v) is 8.63. The second kappa shape index (κ2) is 3.70. The summed E-state index contributed by atoms with van der Waals surface area (Å²) in [5.41, 5.74) is 0. The predicted molar refractivity (Wildman–Crippen MR) is 49.6 cm³/mol. The molecule has 3 nitrogen and oxygen atoms in total. The Kier molecular flexibility index (Phi) is 2.66. The molecule has 2 aliphatic heterocycles. The van der Waals surface area contributed by atoms with Crippen LogP contribution in [0.4, 0.5) is 8.78 Å². The monoisotopic (exact) mass is 219 g/mol. The molecule has 0 amide bonds. The van der Waals surface area contributed by atoms with E-state index >= 15 is 0 Å². The molecule has 3 aliphatic rings. The van der Waals surface area contributed by atoms with E-state index in [-0.39, 0.29) is 19.1 Å². The lowest BCUT2D eigenvalue weighted by Gasteiger charge is -2.46. The zero-order chi connectivity index (χ0) is 11.1. The van der Waals surface area contributed by atoms with Gasteiger partial charge in [-0.05, 0) is 19.8 Å². The summed E-state index contributed by atoms with van der Waals surface area (Å²) in [6, 6.07) is -1.05. The molecule has 3 fully saturated rings. The Balaban J connectivity index is 2.11. The van der Waals surface area contributed by atoms with Gasteiger partial charge in [-0.3, -0.25) is 4.79 Å². The van der Waals surface area contributed by atoms with E-state index in [2.05, 4.69) is 5.32 Å². The summed E-state index contributed by atoms with van der Waals surface area (Å²) in [5, 5.41) is 2.94. The van der Waals surface area contributed by atoms with Gasteiger partial charge in [-0.15, -0.1) is 0 Å². The lowest BCUT2D eigenvalue weighted by molar-refractivity contribution is -0.170. The molecule has 0 aromatic rings. The summed E-state index contributed by atoms with van der Waals surface area (Å²) >= 11 is 0. The molecule has 5 heteroatoms. The van der Waals surface area contributed by atoms with Gasteiger partial charge in [-0.25, -0.2) is 8.78 Å². The van der Waals surface area contributed by atoms with Crippen molar-refractivity contribution in [1.82, 2.24) is 5.32 Å². The van der Waals surface area contributed by atoms with Gasteiger partial charge in [0, 0.05) is 18.4 Å². The molecule has 3 rings (SSSR count). The first-order chi connectivity index (χ1) is 7.04. The number of halogens is 2. The molecule has 15 heavy (non-hydrogen) atoms. The van der Waals surface area contributed by atoms with E-state index in [1.165, 1.54) is 0 Å². The van der Waals surface area contributed by atoms with Crippen LogP contribution in [0.2, 0.25) is 0 Å². The molecule has 1 aliphatic carbocycles. The Morgan fingerprint density at radius 1 is 1.53 bits per heavy atom. The van der Waals surface area contributed by atoms with Gasteiger partial charge in [0.1, 0.15) is 6.04 Å². The van der Waals surface area contributed by atoms with Crippen LogP contribution in [0.3, 0.4) is 0 Å². The molecule has 0 aromatic carbocycles. The average Bonchev–Trinajstić information content (AvgIpc) is 2.16. The number of alkyl halides is 2. The van der Waals surface area contributed by atoms with Crippen molar-refractivity contribution >= 4 is 5.97 Å². The molecule has 2 bridgehead atoms. The molecule has 0 spiro atoms. The standard InChI is InChI=1S/C10H15F2NO2/c1-2-15-9(14)8-7-4-3-6(13-8)5-10(7,11)12/h6-8,13H,2-5H2,1H3/t6-,7+,8+/m1/s1. The van der Waals surface area contributed by atoms with Gasteiger partial charge in [0.25, 0.3) is 5.92 Å². The van der Waals surface area contributed by atoms with Crippen molar-refractivity contribution in [3.8, 4) is 0 Å². The molecule has 2 saturated heterocycles. The third-order valence-electron chi connectivity index (χ3n) is 3.25. The van der Waals surface area contributed by atoms with Crippen molar-refractivity contribution in [2.75, 3.05) is 6.61 Å². The fourth-order valence-corrected chi connectivity index (χ4v) is 2.56. The van der Waals surface area contributed by atoms with Crippen LogP contribution in [0, 0.1) is 5.92 Å². The summed E-state index contributed by atoms with van der Waals surface area (Å²) in [6.45, 7) is 1.91. The molecule has 1 N–H and O–H groups in total. The van der Waals surface area contributed by atoms with Crippen molar-refractivity contribution < 1.29 is 18.3 Å². The normalized spacial score (nSPS) is 37.7. The Bertz CT molecular complexity index is 270. The molecular formula is C10H15F2NO2. The summed E-state index contributed by atoms with van der Waals surface area (Å²) in [5.74, 6) is -4.14. The van der Waals surface area contributed by atoms with Gasteiger partial charge in [0.2, 0.25) is 0 Å². The van der Waals surface area contributed by atoms with E-state index in [1.807, 2.05) is 0 Å². The van der Waals surface area contributed by atoms with Crippen LogP contribution in [-0.4, -0.2) is 30.6 Å². The molecule has 0 radical (unpaired) electrons. The number of hydrogen-bond acceptors (Lipinski definition) is 3. The van der Waals surface area contributed by atoms with Gasteiger partial charge in [-0.2, -0.15) is 0 Å². The number of rotatable bonds is 2. The van der Waals surface area contributed by atoms with Crippen molar-refractivity contribution in [3.05, 3.63) is 0 Å². The minimum absolute atomic E-state index is 0.145. The highest BCUT2D eigenvalue weighted by atomic mass is 19.3. The fourth-order valence-electron chi connectivity index (χ4n) is 2.56. The summed E-state index contributed by atoms with van der Waals surface area (Å²) in [4.78, 5) is 11.5. The Hall–Kier alpha value is -0.710. The molecule has 1 saturated carbocycles. The first-order valence-electron chi connectivity index (χ1n) is 5.35. The molecule has 2 heterocycles. The maximum Gasteiger partial charge on any atom is 0.323 e. The van der Waals surface area contributed by atoms with Gasteiger partial charge in [-0.1, -0.05) is 0 Å². The van der Waals surface area contributed by atoms with Crippen molar-refractivity contribution in [2.24, 2.45) is 5.92 Å². The number of hydrogen-bond donors (Lipinski definition) is 1. The van der Waals surface area contributed by atoms with E-state index in [0.29, 0.717) is 6.42 Å². The fraction of sp³-hybridized carbons (Fsp3) is 0.900. The highest BCUT2D eigenvalue weighted by molar-refractivity contribution is 5.76. The van der Waals surface area contributed by atoms with E-state index in [1.54, 1.807) is 6.92 Å². The van der Waals surface area contributed by atoms with E-state index in [9.17, 15) is 13.6 Å². The van der Waals surface area contributed by atoms with Crippen molar-refractivity contribution in [2.45, 2.75) is 44.2 Å². The average molecular weight is 219 g/mol. The number of fused-ring (bicyclic) bond motifs is 3. The predicted octanol–water partition coefficient (Wildman–Crippen LogP) is 1.33. The molecular weight excluding hydrogens is 204 g/mol. The van der Waals surface area contributed by atoms with Gasteiger partial charge in [0.15, 0.2) is 0 Å². The Morgan fingerprint density at radius 2 is 2.27 bits per heavy atom. The summed E-state index contributed by atoms with van der Waals surface area (Å²) in [6.07, 6.45) is 0.998. The first kappa shape index (κ1) is 10.8. The third kappa shape index (κ3) is 1.85. The van der Waals surface area contributed by atoms with Crippen molar-refractivity contribution in [1.29, 1.82) is 0 Å². The second-order valence-electron chi connectivity index (χ2n) is 4.24. The topological polar surface area (TPSA) is 38.3 Å². The largest absolute Gasteiger partial charge is 0.465 e. The van der Waals surface area contributed by atoms with E-state index < -0.39 is 23.9 Å². The maximum atomic E-state index is 13.5. The number of nitrogens with one attached hydrogen (secondary N) is 1. The smallest absolute Gasteiger partial charge is 0.323 e.